The van der Waals surface area contributed by atoms with E-state index in [0.29, 0.717) is 30.0 Å². The minimum absolute atomic E-state index is 0.0752. The largest absolute Gasteiger partial charge is 0.371 e. The SMILES string of the molecule is Cc1nc(C(=O)Cc2ccc([C@H]3CNCCO3)cc2F)ccc1C#N. The van der Waals surface area contributed by atoms with Crippen LogP contribution in [0.2, 0.25) is 0 Å². The highest BCUT2D eigenvalue weighted by Crippen LogP contribution is 2.22. The van der Waals surface area contributed by atoms with Crippen LogP contribution >= 0.6 is 0 Å². The number of benzene rings is 1. The van der Waals surface area contributed by atoms with Crippen molar-refractivity contribution in [2.75, 3.05) is 19.7 Å². The minimum atomic E-state index is -0.426. The first kappa shape index (κ1) is 17.2. The third-order valence-electron chi connectivity index (χ3n) is 4.22. The van der Waals surface area contributed by atoms with Gasteiger partial charge < -0.3 is 10.1 Å². The molecule has 1 saturated heterocycles. The molecule has 0 aliphatic carbocycles. The van der Waals surface area contributed by atoms with Crippen LogP contribution in [-0.2, 0) is 11.2 Å². The number of nitrogens with one attached hydrogen (secondary N) is 1. The normalized spacial score (nSPS) is 17.1. The first-order chi connectivity index (χ1) is 12.1. The van der Waals surface area contributed by atoms with Gasteiger partial charge in [-0.3, -0.25) is 4.79 Å². The van der Waals surface area contributed by atoms with Crippen molar-refractivity contribution in [3.8, 4) is 6.07 Å². The molecular weight excluding hydrogens is 321 g/mol. The predicted molar refractivity (Wildman–Crippen MR) is 89.7 cm³/mol. The summed E-state index contributed by atoms with van der Waals surface area (Å²) < 4.78 is 20.0. The van der Waals surface area contributed by atoms with E-state index < -0.39 is 5.82 Å². The lowest BCUT2D eigenvalue weighted by Crippen LogP contribution is -2.33. The van der Waals surface area contributed by atoms with E-state index in [9.17, 15) is 9.18 Å². The number of Topliss-reactive ketones (excluding diaryl/α,β-unsaturated/α-hetero) is 1. The number of aryl methyl sites for hydroxylation is 1. The van der Waals surface area contributed by atoms with Gasteiger partial charge in [0, 0.05) is 19.5 Å². The van der Waals surface area contributed by atoms with Crippen LogP contribution in [0.4, 0.5) is 4.39 Å². The van der Waals surface area contributed by atoms with Gasteiger partial charge in [-0.1, -0.05) is 12.1 Å². The van der Waals surface area contributed by atoms with Gasteiger partial charge in [0.15, 0.2) is 5.78 Å². The van der Waals surface area contributed by atoms with E-state index in [1.54, 1.807) is 25.1 Å². The van der Waals surface area contributed by atoms with Gasteiger partial charge in [-0.05, 0) is 36.2 Å². The molecule has 2 heterocycles. The van der Waals surface area contributed by atoms with Crippen LogP contribution in [0.25, 0.3) is 0 Å². The Balaban J connectivity index is 1.75. The van der Waals surface area contributed by atoms with Crippen molar-refractivity contribution in [1.82, 2.24) is 10.3 Å². The first-order valence-corrected chi connectivity index (χ1v) is 8.10. The van der Waals surface area contributed by atoms with Gasteiger partial charge in [-0.2, -0.15) is 5.26 Å². The quantitative estimate of drug-likeness (QED) is 0.866. The standard InChI is InChI=1S/C19H18FN3O2/c1-12-15(10-21)4-5-17(23-12)18(24)9-13-2-3-14(8-16(13)20)19-11-22-6-7-25-19/h2-5,8,19,22H,6-7,9,11H2,1H3/t19-/m1/s1. The predicted octanol–water partition coefficient (Wildman–Crippen LogP) is 2.49. The Morgan fingerprint density at radius 2 is 2.28 bits per heavy atom. The second kappa shape index (κ2) is 7.51. The number of morpholine rings is 1. The highest BCUT2D eigenvalue weighted by Gasteiger charge is 2.18. The van der Waals surface area contributed by atoms with E-state index in [4.69, 9.17) is 10.00 Å². The van der Waals surface area contributed by atoms with E-state index in [2.05, 4.69) is 10.3 Å². The van der Waals surface area contributed by atoms with Crippen molar-refractivity contribution >= 4 is 5.78 Å². The zero-order valence-corrected chi connectivity index (χ0v) is 13.9. The van der Waals surface area contributed by atoms with Gasteiger partial charge in [0.25, 0.3) is 0 Å². The van der Waals surface area contributed by atoms with Crippen LogP contribution in [0.15, 0.2) is 30.3 Å². The molecule has 1 fully saturated rings. The van der Waals surface area contributed by atoms with Crippen LogP contribution in [0.5, 0.6) is 0 Å². The summed E-state index contributed by atoms with van der Waals surface area (Å²) in [6.45, 7) is 3.70. The van der Waals surface area contributed by atoms with Crippen LogP contribution in [0, 0.1) is 24.1 Å². The molecule has 1 aliphatic heterocycles. The zero-order chi connectivity index (χ0) is 17.8. The van der Waals surface area contributed by atoms with Gasteiger partial charge >= 0.3 is 0 Å². The second-order valence-electron chi connectivity index (χ2n) is 5.96. The number of carbonyl (C=O) groups is 1. The maximum absolute atomic E-state index is 14.4. The van der Waals surface area contributed by atoms with Crippen LogP contribution in [0.1, 0.15) is 39.0 Å². The summed E-state index contributed by atoms with van der Waals surface area (Å²) in [4.78, 5) is 16.5. The molecule has 3 rings (SSSR count). The lowest BCUT2D eigenvalue weighted by atomic mass is 10.0. The fourth-order valence-electron chi connectivity index (χ4n) is 2.78. The number of nitriles is 1. The molecule has 1 aromatic heterocycles. The van der Waals surface area contributed by atoms with Gasteiger partial charge in [-0.25, -0.2) is 9.37 Å². The van der Waals surface area contributed by atoms with Crippen molar-refractivity contribution in [1.29, 1.82) is 5.26 Å². The number of hydrogen-bond acceptors (Lipinski definition) is 5. The van der Waals surface area contributed by atoms with Crippen molar-refractivity contribution in [2.24, 2.45) is 0 Å². The molecule has 0 radical (unpaired) electrons. The highest BCUT2D eigenvalue weighted by molar-refractivity contribution is 5.95. The molecule has 0 amide bonds. The first-order valence-electron chi connectivity index (χ1n) is 8.10. The lowest BCUT2D eigenvalue weighted by molar-refractivity contribution is 0.0275. The maximum Gasteiger partial charge on any atom is 0.185 e. The van der Waals surface area contributed by atoms with E-state index in [1.807, 2.05) is 6.07 Å². The van der Waals surface area contributed by atoms with Crippen LogP contribution < -0.4 is 5.32 Å². The molecule has 0 unspecified atom stereocenters. The average Bonchev–Trinajstić information content (AvgIpc) is 2.64. The number of aromatic nitrogens is 1. The Labute approximate surface area is 145 Å². The Morgan fingerprint density at radius 1 is 1.44 bits per heavy atom. The highest BCUT2D eigenvalue weighted by atomic mass is 19.1. The number of nitrogens with zero attached hydrogens (tertiary/aromatic N) is 2. The van der Waals surface area contributed by atoms with Crippen LogP contribution in [-0.4, -0.2) is 30.5 Å². The number of halogens is 1. The molecule has 1 atom stereocenters. The average molecular weight is 339 g/mol. The topological polar surface area (TPSA) is 75.0 Å². The zero-order valence-electron chi connectivity index (χ0n) is 13.9. The molecule has 0 spiro atoms. The van der Waals surface area contributed by atoms with Crippen molar-refractivity contribution in [3.63, 3.8) is 0 Å². The Hall–Kier alpha value is -2.62. The third-order valence-corrected chi connectivity index (χ3v) is 4.22. The number of pyridine rings is 1. The Kier molecular flexibility index (Phi) is 5.17. The van der Waals surface area contributed by atoms with Crippen LogP contribution in [0.3, 0.4) is 0 Å². The van der Waals surface area contributed by atoms with Crippen molar-refractivity contribution in [2.45, 2.75) is 19.4 Å². The number of hydrogen-bond donors (Lipinski definition) is 1. The fraction of sp³-hybridized carbons (Fsp3) is 0.316. The van der Waals surface area contributed by atoms with Gasteiger partial charge in [-0.15, -0.1) is 0 Å². The molecule has 128 valence electrons. The van der Waals surface area contributed by atoms with Crippen molar-refractivity contribution < 1.29 is 13.9 Å². The molecule has 25 heavy (non-hydrogen) atoms. The van der Waals surface area contributed by atoms with Gasteiger partial charge in [0.1, 0.15) is 17.6 Å². The second-order valence-corrected chi connectivity index (χ2v) is 5.96. The molecule has 0 saturated carbocycles. The van der Waals surface area contributed by atoms with E-state index in [-0.39, 0.29) is 24.0 Å². The summed E-state index contributed by atoms with van der Waals surface area (Å²) in [5, 5.41) is 12.1. The number of rotatable bonds is 4. The summed E-state index contributed by atoms with van der Waals surface area (Å²) in [6, 6.07) is 9.91. The molecule has 0 bridgehead atoms. The third kappa shape index (κ3) is 3.90. The number of ketones is 1. The summed E-state index contributed by atoms with van der Waals surface area (Å²) >= 11 is 0. The smallest absolute Gasteiger partial charge is 0.185 e. The molecule has 2 aromatic rings. The van der Waals surface area contributed by atoms with E-state index in [0.717, 1.165) is 12.1 Å². The molecule has 1 N–H and O–H groups in total. The fourth-order valence-corrected chi connectivity index (χ4v) is 2.78. The molecule has 5 nitrogen and oxygen atoms in total. The van der Waals surface area contributed by atoms with Gasteiger partial charge in [0.05, 0.1) is 24.0 Å². The Bertz CT molecular complexity index is 839. The summed E-state index contributed by atoms with van der Waals surface area (Å²) in [7, 11) is 0. The van der Waals surface area contributed by atoms with Crippen molar-refractivity contribution in [3.05, 3.63) is 64.2 Å². The summed E-state index contributed by atoms with van der Waals surface area (Å²) in [5.74, 6) is -0.708. The van der Waals surface area contributed by atoms with E-state index in [1.165, 1.54) is 12.1 Å². The van der Waals surface area contributed by atoms with Gasteiger partial charge in [0.2, 0.25) is 0 Å². The molecular formula is C19H18FN3O2. The molecule has 1 aliphatic rings. The number of ether oxygens (including phenoxy) is 1. The minimum Gasteiger partial charge on any atom is -0.371 e. The molecule has 6 heteroatoms. The monoisotopic (exact) mass is 339 g/mol. The number of carbonyl (C=O) groups excluding carboxylic acids is 1. The summed E-state index contributed by atoms with van der Waals surface area (Å²) in [5.41, 5.74) is 2.23. The lowest BCUT2D eigenvalue weighted by Gasteiger charge is -2.24. The van der Waals surface area contributed by atoms with E-state index >= 15 is 0 Å². The maximum atomic E-state index is 14.4. The summed E-state index contributed by atoms with van der Waals surface area (Å²) in [6.07, 6.45) is -0.246. The molecule has 1 aromatic carbocycles. The Morgan fingerprint density at radius 3 is 2.92 bits per heavy atom.